The second-order valence-corrected chi connectivity index (χ2v) is 8.41. The van der Waals surface area contributed by atoms with Gasteiger partial charge in [0, 0.05) is 11.1 Å². The fraction of sp³-hybridized carbons (Fsp3) is 0.538. The molecule has 2 aromatic carbocycles. The number of halogens is 3. The van der Waals surface area contributed by atoms with Gasteiger partial charge in [-0.15, -0.1) is 0 Å². The second kappa shape index (κ2) is 13.0. The summed E-state index contributed by atoms with van der Waals surface area (Å²) in [6, 6.07) is 7.67. The Bertz CT molecular complexity index is 882. The minimum absolute atomic E-state index is 0.0929. The van der Waals surface area contributed by atoms with Crippen LogP contribution in [0.2, 0.25) is 0 Å². The molecule has 0 bridgehead atoms. The van der Waals surface area contributed by atoms with Gasteiger partial charge in [0.2, 0.25) is 0 Å². The molecule has 0 aromatic heterocycles. The number of ether oxygens (including phenoxy) is 4. The Labute approximate surface area is 194 Å². The Morgan fingerprint density at radius 1 is 0.909 bits per heavy atom. The third kappa shape index (κ3) is 7.45. The molecule has 0 atom stereocenters. The number of hydrogen-bond donors (Lipinski definition) is 0. The largest absolute Gasteiger partial charge is 0.491 e. The van der Waals surface area contributed by atoms with Crippen LogP contribution in [0.5, 0.6) is 5.75 Å². The van der Waals surface area contributed by atoms with Crippen molar-refractivity contribution in [1.82, 2.24) is 0 Å². The molecule has 1 aliphatic heterocycles. The molecule has 0 radical (unpaired) electrons. The van der Waals surface area contributed by atoms with Gasteiger partial charge in [-0.05, 0) is 31.0 Å². The first-order valence-electron chi connectivity index (χ1n) is 11.7. The van der Waals surface area contributed by atoms with E-state index in [2.05, 4.69) is 6.92 Å². The number of hydrogen-bond acceptors (Lipinski definition) is 4. The van der Waals surface area contributed by atoms with Crippen molar-refractivity contribution in [2.24, 2.45) is 0 Å². The van der Waals surface area contributed by atoms with Crippen LogP contribution in [0.3, 0.4) is 0 Å². The van der Waals surface area contributed by atoms with E-state index < -0.39 is 29.8 Å². The third-order valence-electron chi connectivity index (χ3n) is 5.68. The molecular formula is C26H33F3O4. The van der Waals surface area contributed by atoms with Crippen LogP contribution in [-0.2, 0) is 20.8 Å². The fourth-order valence-corrected chi connectivity index (χ4v) is 3.62. The van der Waals surface area contributed by atoms with Crippen LogP contribution in [0.1, 0.15) is 68.4 Å². The number of unbranched alkanes of at least 4 members (excludes halogenated alkanes) is 5. The monoisotopic (exact) mass is 466 g/mol. The van der Waals surface area contributed by atoms with E-state index in [1.54, 1.807) is 12.1 Å². The zero-order valence-electron chi connectivity index (χ0n) is 19.4. The zero-order valence-corrected chi connectivity index (χ0v) is 19.4. The molecule has 1 saturated heterocycles. The minimum Gasteiger partial charge on any atom is -0.491 e. The van der Waals surface area contributed by atoms with E-state index in [4.69, 9.17) is 18.9 Å². The van der Waals surface area contributed by atoms with Gasteiger partial charge in [-0.3, -0.25) is 0 Å². The number of rotatable bonds is 12. The number of aryl methyl sites for hydroxylation is 1. The third-order valence-corrected chi connectivity index (χ3v) is 5.68. The summed E-state index contributed by atoms with van der Waals surface area (Å²) < 4.78 is 64.6. The molecule has 182 valence electrons. The Morgan fingerprint density at radius 2 is 1.64 bits per heavy atom. The molecule has 0 N–H and O–H groups in total. The Balaban J connectivity index is 1.41. The van der Waals surface area contributed by atoms with Crippen molar-refractivity contribution in [2.75, 3.05) is 19.8 Å². The predicted octanol–water partition coefficient (Wildman–Crippen LogP) is 6.78. The van der Waals surface area contributed by atoms with Crippen LogP contribution in [0, 0.1) is 24.4 Å². The molecule has 2 aromatic rings. The van der Waals surface area contributed by atoms with E-state index >= 15 is 0 Å². The molecule has 0 saturated carbocycles. The molecule has 3 rings (SSSR count). The van der Waals surface area contributed by atoms with Gasteiger partial charge in [0.1, 0.15) is 6.10 Å². The number of benzene rings is 2. The summed E-state index contributed by atoms with van der Waals surface area (Å²) in [4.78, 5) is 0. The summed E-state index contributed by atoms with van der Waals surface area (Å²) in [6.45, 7) is 4.47. The zero-order chi connectivity index (χ0) is 23.6. The molecule has 0 amide bonds. The maximum atomic E-state index is 14.4. The predicted molar refractivity (Wildman–Crippen MR) is 120 cm³/mol. The van der Waals surface area contributed by atoms with Gasteiger partial charge in [-0.25, -0.2) is 13.2 Å². The van der Waals surface area contributed by atoms with E-state index in [9.17, 15) is 13.2 Å². The van der Waals surface area contributed by atoms with Crippen LogP contribution >= 0.6 is 0 Å². The van der Waals surface area contributed by atoms with Crippen molar-refractivity contribution in [3.05, 3.63) is 64.5 Å². The summed E-state index contributed by atoms with van der Waals surface area (Å²) in [6.07, 6.45) is 5.70. The summed E-state index contributed by atoms with van der Waals surface area (Å²) in [5, 5.41) is 0. The highest BCUT2D eigenvalue weighted by atomic mass is 19.2. The summed E-state index contributed by atoms with van der Waals surface area (Å²) >= 11 is 0. The van der Waals surface area contributed by atoms with Gasteiger partial charge in [0.25, 0.3) is 0 Å². The van der Waals surface area contributed by atoms with E-state index in [1.807, 2.05) is 0 Å². The summed E-state index contributed by atoms with van der Waals surface area (Å²) in [5.74, 6) is -2.01. The fourth-order valence-electron chi connectivity index (χ4n) is 3.62. The lowest BCUT2D eigenvalue weighted by Crippen LogP contribution is -2.33. The SMILES string of the molecule is CCCCCCCCOc1ccc(C2OCC(OCc3ccc(C)c(F)c3F)CO2)cc1F. The van der Waals surface area contributed by atoms with Crippen molar-refractivity contribution >= 4 is 0 Å². The van der Waals surface area contributed by atoms with Crippen molar-refractivity contribution in [1.29, 1.82) is 0 Å². The second-order valence-electron chi connectivity index (χ2n) is 8.41. The van der Waals surface area contributed by atoms with E-state index in [1.165, 1.54) is 50.8 Å². The molecule has 1 heterocycles. The lowest BCUT2D eigenvalue weighted by atomic mass is 10.1. The molecule has 0 spiro atoms. The Kier molecular flexibility index (Phi) is 10.0. The van der Waals surface area contributed by atoms with E-state index in [-0.39, 0.29) is 36.7 Å². The van der Waals surface area contributed by atoms with Crippen molar-refractivity contribution < 1.29 is 32.1 Å². The maximum Gasteiger partial charge on any atom is 0.184 e. The highest BCUT2D eigenvalue weighted by molar-refractivity contribution is 5.30. The molecule has 1 aliphatic rings. The van der Waals surface area contributed by atoms with Gasteiger partial charge < -0.3 is 18.9 Å². The molecule has 1 fully saturated rings. The maximum absolute atomic E-state index is 14.4. The average Bonchev–Trinajstić information content (AvgIpc) is 2.83. The Hall–Kier alpha value is -2.09. The molecular weight excluding hydrogens is 433 g/mol. The first kappa shape index (κ1) is 25.5. The lowest BCUT2D eigenvalue weighted by molar-refractivity contribution is -0.232. The highest BCUT2D eigenvalue weighted by Crippen LogP contribution is 2.28. The summed E-state index contributed by atoms with van der Waals surface area (Å²) in [7, 11) is 0. The van der Waals surface area contributed by atoms with Crippen LogP contribution in [-0.4, -0.2) is 25.9 Å². The minimum atomic E-state index is -0.903. The molecule has 7 heteroatoms. The molecule has 33 heavy (non-hydrogen) atoms. The first-order chi connectivity index (χ1) is 16.0. The van der Waals surface area contributed by atoms with Crippen LogP contribution in [0.4, 0.5) is 13.2 Å². The normalized spacial score (nSPS) is 18.5. The van der Waals surface area contributed by atoms with Gasteiger partial charge in [-0.1, -0.05) is 57.2 Å². The van der Waals surface area contributed by atoms with E-state index in [0.717, 1.165) is 12.8 Å². The topological polar surface area (TPSA) is 36.9 Å². The first-order valence-corrected chi connectivity index (χ1v) is 11.7. The summed E-state index contributed by atoms with van der Waals surface area (Å²) in [5.41, 5.74) is 0.929. The average molecular weight is 467 g/mol. The standard InChI is InChI=1S/C26H33F3O4/c1-3-4-5-6-7-8-13-30-23-12-11-19(14-22(23)27)26-32-16-21(17-33-26)31-15-20-10-9-18(2)24(28)25(20)29/h9-12,14,21,26H,3-8,13,15-17H2,1-2H3. The van der Waals surface area contributed by atoms with Crippen LogP contribution in [0.25, 0.3) is 0 Å². The van der Waals surface area contributed by atoms with Crippen molar-refractivity contribution in [3.8, 4) is 5.75 Å². The van der Waals surface area contributed by atoms with Gasteiger partial charge in [0.15, 0.2) is 29.5 Å². The molecule has 0 aliphatic carbocycles. The molecule has 0 unspecified atom stereocenters. The van der Waals surface area contributed by atoms with Crippen LogP contribution < -0.4 is 4.74 Å². The highest BCUT2D eigenvalue weighted by Gasteiger charge is 2.25. The van der Waals surface area contributed by atoms with E-state index in [0.29, 0.717) is 12.2 Å². The van der Waals surface area contributed by atoms with Gasteiger partial charge in [-0.2, -0.15) is 0 Å². The van der Waals surface area contributed by atoms with Crippen molar-refractivity contribution in [3.63, 3.8) is 0 Å². The Morgan fingerprint density at radius 3 is 2.36 bits per heavy atom. The lowest BCUT2D eigenvalue weighted by Gasteiger charge is -2.29. The van der Waals surface area contributed by atoms with Gasteiger partial charge in [0.05, 0.1) is 26.4 Å². The van der Waals surface area contributed by atoms with Gasteiger partial charge >= 0.3 is 0 Å². The quantitative estimate of drug-likeness (QED) is 0.323. The smallest absolute Gasteiger partial charge is 0.184 e. The van der Waals surface area contributed by atoms with Crippen LogP contribution in [0.15, 0.2) is 30.3 Å². The van der Waals surface area contributed by atoms with Crippen molar-refractivity contribution in [2.45, 2.75) is 71.4 Å². The molecule has 4 nitrogen and oxygen atoms in total.